The summed E-state index contributed by atoms with van der Waals surface area (Å²) >= 11 is 7.79. The van der Waals surface area contributed by atoms with E-state index in [1.54, 1.807) is 17.5 Å². The lowest BCUT2D eigenvalue weighted by Gasteiger charge is -2.02. The van der Waals surface area contributed by atoms with E-state index in [-0.39, 0.29) is 0 Å². The lowest BCUT2D eigenvalue weighted by atomic mass is 10.2. The van der Waals surface area contributed by atoms with Gasteiger partial charge in [-0.25, -0.2) is 4.98 Å². The zero-order valence-electron chi connectivity index (χ0n) is 9.64. The molecule has 18 heavy (non-hydrogen) atoms. The molecule has 0 aliphatic rings. The van der Waals surface area contributed by atoms with Gasteiger partial charge >= 0.3 is 0 Å². The van der Waals surface area contributed by atoms with Crippen molar-refractivity contribution in [2.75, 3.05) is 0 Å². The number of hydrogen-bond donors (Lipinski definition) is 1. The zero-order valence-corrected chi connectivity index (χ0v) is 11.2. The second kappa shape index (κ2) is 4.72. The number of nitrogens with two attached hydrogens (primary N) is 1. The van der Waals surface area contributed by atoms with Gasteiger partial charge in [0.2, 0.25) is 0 Å². The number of pyridine rings is 1. The molecule has 3 heterocycles. The molecule has 0 aliphatic carbocycles. The topological polar surface area (TPSA) is 43.8 Å². The molecule has 0 spiro atoms. The number of fused-ring (bicyclic) bond motifs is 1. The van der Waals surface area contributed by atoms with Crippen molar-refractivity contribution in [3.8, 4) is 0 Å². The Bertz CT molecular complexity index is 686. The minimum Gasteiger partial charge on any atom is -0.327 e. The largest absolute Gasteiger partial charge is 0.327 e. The number of thiophene rings is 1. The molecule has 0 amide bonds. The van der Waals surface area contributed by atoms with Crippen LogP contribution in [0.4, 0.5) is 0 Å². The van der Waals surface area contributed by atoms with E-state index in [1.165, 1.54) is 0 Å². The molecule has 5 heteroatoms. The van der Waals surface area contributed by atoms with Gasteiger partial charge in [0.15, 0.2) is 0 Å². The standard InChI is InChI=1S/C13H12ClN3S/c14-11-3-5-18-12(11)8-17-7-9(6-15)10-2-1-4-16-13(10)17/h1-5,7H,6,8,15H2. The third-order valence-electron chi connectivity index (χ3n) is 2.94. The Morgan fingerprint density at radius 1 is 1.39 bits per heavy atom. The van der Waals surface area contributed by atoms with E-state index >= 15 is 0 Å². The molecule has 0 fully saturated rings. The Hall–Kier alpha value is -1.36. The first-order chi connectivity index (χ1) is 8.79. The van der Waals surface area contributed by atoms with E-state index in [2.05, 4.69) is 21.8 Å². The highest BCUT2D eigenvalue weighted by molar-refractivity contribution is 7.10. The summed E-state index contributed by atoms with van der Waals surface area (Å²) in [6.45, 7) is 1.26. The monoisotopic (exact) mass is 277 g/mol. The van der Waals surface area contributed by atoms with Crippen LogP contribution in [0.25, 0.3) is 11.0 Å². The molecule has 3 aromatic rings. The lowest BCUT2D eigenvalue weighted by Crippen LogP contribution is -1.98. The fraction of sp³-hybridized carbons (Fsp3) is 0.154. The fourth-order valence-electron chi connectivity index (χ4n) is 2.07. The highest BCUT2D eigenvalue weighted by Crippen LogP contribution is 2.26. The SMILES string of the molecule is NCc1cn(Cc2sccc2Cl)c2ncccc12. The molecule has 0 atom stereocenters. The van der Waals surface area contributed by atoms with Crippen molar-refractivity contribution in [2.24, 2.45) is 5.73 Å². The molecule has 0 aromatic carbocycles. The second-order valence-corrected chi connectivity index (χ2v) is 5.46. The number of halogens is 1. The van der Waals surface area contributed by atoms with Crippen LogP contribution in [0.15, 0.2) is 36.0 Å². The van der Waals surface area contributed by atoms with Crippen molar-refractivity contribution in [1.29, 1.82) is 0 Å². The quantitative estimate of drug-likeness (QED) is 0.799. The van der Waals surface area contributed by atoms with Crippen molar-refractivity contribution in [1.82, 2.24) is 9.55 Å². The molecule has 0 aliphatic heterocycles. The molecule has 0 unspecified atom stereocenters. The third-order valence-corrected chi connectivity index (χ3v) is 4.31. The van der Waals surface area contributed by atoms with Crippen LogP contribution in [0.2, 0.25) is 5.02 Å². The van der Waals surface area contributed by atoms with Gasteiger partial charge in [-0.05, 0) is 29.1 Å². The van der Waals surface area contributed by atoms with Crippen LogP contribution < -0.4 is 5.73 Å². The van der Waals surface area contributed by atoms with Crippen LogP contribution in [0.1, 0.15) is 10.4 Å². The maximum atomic E-state index is 6.13. The van der Waals surface area contributed by atoms with Gasteiger partial charge in [0, 0.05) is 29.2 Å². The van der Waals surface area contributed by atoms with Crippen molar-refractivity contribution in [2.45, 2.75) is 13.1 Å². The first-order valence-electron chi connectivity index (χ1n) is 5.64. The highest BCUT2D eigenvalue weighted by atomic mass is 35.5. The minimum absolute atomic E-state index is 0.521. The Balaban J connectivity index is 2.09. The summed E-state index contributed by atoms with van der Waals surface area (Å²) in [5.74, 6) is 0. The van der Waals surface area contributed by atoms with Crippen molar-refractivity contribution < 1.29 is 0 Å². The summed E-state index contributed by atoms with van der Waals surface area (Å²) in [6.07, 6.45) is 3.86. The Kier molecular flexibility index (Phi) is 3.07. The van der Waals surface area contributed by atoms with Gasteiger partial charge in [0.25, 0.3) is 0 Å². The van der Waals surface area contributed by atoms with Gasteiger partial charge in [-0.1, -0.05) is 11.6 Å². The van der Waals surface area contributed by atoms with Crippen molar-refractivity contribution >= 4 is 34.0 Å². The first-order valence-corrected chi connectivity index (χ1v) is 6.90. The Morgan fingerprint density at radius 2 is 2.28 bits per heavy atom. The smallest absolute Gasteiger partial charge is 0.140 e. The summed E-state index contributed by atoms with van der Waals surface area (Å²) in [7, 11) is 0. The molecular weight excluding hydrogens is 266 g/mol. The second-order valence-electron chi connectivity index (χ2n) is 4.05. The normalized spacial score (nSPS) is 11.2. The van der Waals surface area contributed by atoms with E-state index in [1.807, 2.05) is 17.5 Å². The molecule has 3 rings (SSSR count). The summed E-state index contributed by atoms with van der Waals surface area (Å²) in [6, 6.07) is 5.91. The summed E-state index contributed by atoms with van der Waals surface area (Å²) < 4.78 is 2.11. The third kappa shape index (κ3) is 1.92. The molecule has 0 saturated carbocycles. The van der Waals surface area contributed by atoms with Crippen LogP contribution in [0.5, 0.6) is 0 Å². The molecule has 3 nitrogen and oxygen atoms in total. The van der Waals surface area contributed by atoms with Gasteiger partial charge in [0.1, 0.15) is 5.65 Å². The lowest BCUT2D eigenvalue weighted by molar-refractivity contribution is 0.832. The molecule has 2 N–H and O–H groups in total. The molecule has 92 valence electrons. The van der Waals surface area contributed by atoms with E-state index in [0.717, 1.165) is 33.0 Å². The Morgan fingerprint density at radius 3 is 3.00 bits per heavy atom. The van der Waals surface area contributed by atoms with Gasteiger partial charge in [-0.2, -0.15) is 0 Å². The van der Waals surface area contributed by atoms with E-state index < -0.39 is 0 Å². The average Bonchev–Trinajstić information content (AvgIpc) is 2.95. The molecule has 0 bridgehead atoms. The van der Waals surface area contributed by atoms with Gasteiger partial charge in [0.05, 0.1) is 11.6 Å². The number of hydrogen-bond acceptors (Lipinski definition) is 3. The minimum atomic E-state index is 0.521. The molecule has 3 aromatic heterocycles. The maximum absolute atomic E-state index is 6.13. The summed E-state index contributed by atoms with van der Waals surface area (Å²) in [5, 5.41) is 3.93. The number of aromatic nitrogens is 2. The zero-order chi connectivity index (χ0) is 12.5. The van der Waals surface area contributed by atoms with Crippen LogP contribution in [-0.2, 0) is 13.1 Å². The fourth-order valence-corrected chi connectivity index (χ4v) is 3.16. The molecular formula is C13H12ClN3S. The average molecular weight is 278 g/mol. The molecule has 0 saturated heterocycles. The maximum Gasteiger partial charge on any atom is 0.140 e. The van der Waals surface area contributed by atoms with E-state index in [9.17, 15) is 0 Å². The van der Waals surface area contributed by atoms with Crippen LogP contribution >= 0.6 is 22.9 Å². The van der Waals surface area contributed by atoms with Gasteiger partial charge in [-0.15, -0.1) is 11.3 Å². The van der Waals surface area contributed by atoms with Gasteiger partial charge < -0.3 is 10.3 Å². The highest BCUT2D eigenvalue weighted by Gasteiger charge is 2.10. The van der Waals surface area contributed by atoms with Gasteiger partial charge in [-0.3, -0.25) is 0 Å². The van der Waals surface area contributed by atoms with Crippen LogP contribution in [0.3, 0.4) is 0 Å². The van der Waals surface area contributed by atoms with Crippen molar-refractivity contribution in [3.05, 3.63) is 51.4 Å². The number of nitrogens with zero attached hydrogens (tertiary/aromatic N) is 2. The van der Waals surface area contributed by atoms with Crippen molar-refractivity contribution in [3.63, 3.8) is 0 Å². The summed E-state index contributed by atoms with van der Waals surface area (Å²) in [5.41, 5.74) is 7.84. The predicted octanol–water partition coefficient (Wildman–Crippen LogP) is 3.26. The van der Waals surface area contributed by atoms with E-state index in [0.29, 0.717) is 6.54 Å². The van der Waals surface area contributed by atoms with Crippen LogP contribution in [-0.4, -0.2) is 9.55 Å². The molecule has 0 radical (unpaired) electrons. The predicted molar refractivity (Wildman–Crippen MR) is 76.1 cm³/mol. The summed E-state index contributed by atoms with van der Waals surface area (Å²) in [4.78, 5) is 5.57. The van der Waals surface area contributed by atoms with Crippen LogP contribution in [0, 0.1) is 0 Å². The Labute approximate surface area is 114 Å². The first kappa shape index (κ1) is 11.7. The van der Waals surface area contributed by atoms with E-state index in [4.69, 9.17) is 17.3 Å². The number of rotatable bonds is 3.